The molecule has 0 fully saturated rings. The van der Waals surface area contributed by atoms with E-state index in [-0.39, 0.29) is 5.91 Å². The number of hydrogen-bond donors (Lipinski definition) is 2. The maximum absolute atomic E-state index is 11.6. The SMILES string of the molecule is CCC(CC)CNC(=O)/C=C/c1cccc(N)c1. The highest BCUT2D eigenvalue weighted by Gasteiger charge is 2.03. The standard InChI is InChI=1S/C15H22N2O/c1-3-12(4-2)11-17-15(18)9-8-13-6-5-7-14(16)10-13/h5-10,12H,3-4,11,16H2,1-2H3,(H,17,18)/b9-8+. The number of nitrogen functional groups attached to an aromatic ring is 1. The molecule has 0 saturated carbocycles. The first-order valence-corrected chi connectivity index (χ1v) is 6.47. The molecule has 0 bridgehead atoms. The van der Waals surface area contributed by atoms with Crippen LogP contribution < -0.4 is 11.1 Å². The molecule has 0 radical (unpaired) electrons. The maximum Gasteiger partial charge on any atom is 0.244 e. The van der Waals surface area contributed by atoms with E-state index in [1.54, 1.807) is 12.2 Å². The smallest absolute Gasteiger partial charge is 0.244 e. The minimum atomic E-state index is -0.0516. The molecule has 3 nitrogen and oxygen atoms in total. The van der Waals surface area contributed by atoms with Gasteiger partial charge in [0.15, 0.2) is 0 Å². The van der Waals surface area contributed by atoms with Gasteiger partial charge in [-0.15, -0.1) is 0 Å². The number of hydrogen-bond acceptors (Lipinski definition) is 2. The van der Waals surface area contributed by atoms with Gasteiger partial charge in [0.25, 0.3) is 0 Å². The van der Waals surface area contributed by atoms with E-state index < -0.39 is 0 Å². The van der Waals surface area contributed by atoms with Gasteiger partial charge in [0.2, 0.25) is 5.91 Å². The van der Waals surface area contributed by atoms with E-state index in [0.29, 0.717) is 11.6 Å². The Labute approximate surface area is 109 Å². The first-order valence-electron chi connectivity index (χ1n) is 6.47. The fourth-order valence-electron chi connectivity index (χ4n) is 1.72. The van der Waals surface area contributed by atoms with Crippen LogP contribution in [0.3, 0.4) is 0 Å². The Hall–Kier alpha value is -1.77. The Kier molecular flexibility index (Phi) is 5.98. The number of nitrogens with two attached hydrogens (primary N) is 1. The average molecular weight is 246 g/mol. The molecule has 0 spiro atoms. The van der Waals surface area contributed by atoms with Crippen molar-refractivity contribution in [1.29, 1.82) is 0 Å². The van der Waals surface area contributed by atoms with Crippen molar-refractivity contribution in [2.45, 2.75) is 26.7 Å². The molecular weight excluding hydrogens is 224 g/mol. The van der Waals surface area contributed by atoms with Gasteiger partial charge in [0.1, 0.15) is 0 Å². The summed E-state index contributed by atoms with van der Waals surface area (Å²) >= 11 is 0. The van der Waals surface area contributed by atoms with E-state index in [9.17, 15) is 4.79 Å². The highest BCUT2D eigenvalue weighted by Crippen LogP contribution is 2.08. The topological polar surface area (TPSA) is 55.1 Å². The predicted octanol–water partition coefficient (Wildman–Crippen LogP) is 2.83. The first-order chi connectivity index (χ1) is 8.65. The van der Waals surface area contributed by atoms with Crippen molar-refractivity contribution >= 4 is 17.7 Å². The van der Waals surface area contributed by atoms with Crippen molar-refractivity contribution in [3.05, 3.63) is 35.9 Å². The lowest BCUT2D eigenvalue weighted by molar-refractivity contribution is -0.116. The summed E-state index contributed by atoms with van der Waals surface area (Å²) in [5.74, 6) is 0.513. The molecule has 0 heterocycles. The zero-order valence-corrected chi connectivity index (χ0v) is 11.1. The Balaban J connectivity index is 2.45. The Morgan fingerprint density at radius 2 is 2.11 bits per heavy atom. The number of carbonyl (C=O) groups is 1. The summed E-state index contributed by atoms with van der Waals surface area (Å²) in [4.78, 5) is 11.6. The third-order valence-electron chi connectivity index (χ3n) is 3.06. The fourth-order valence-corrected chi connectivity index (χ4v) is 1.72. The molecule has 3 N–H and O–H groups in total. The quantitative estimate of drug-likeness (QED) is 0.599. The van der Waals surface area contributed by atoms with Crippen LogP contribution in [0, 0.1) is 5.92 Å². The summed E-state index contributed by atoms with van der Waals surface area (Å²) in [5.41, 5.74) is 7.31. The van der Waals surface area contributed by atoms with Gasteiger partial charge in [0, 0.05) is 18.3 Å². The van der Waals surface area contributed by atoms with E-state index in [0.717, 1.165) is 24.9 Å². The number of rotatable bonds is 6. The third kappa shape index (κ3) is 5.04. The van der Waals surface area contributed by atoms with Crippen LogP contribution in [-0.2, 0) is 4.79 Å². The van der Waals surface area contributed by atoms with E-state index in [4.69, 9.17) is 5.73 Å². The number of nitrogens with one attached hydrogen (secondary N) is 1. The molecule has 3 heteroatoms. The number of amides is 1. The monoisotopic (exact) mass is 246 g/mol. The first kappa shape index (κ1) is 14.3. The summed E-state index contributed by atoms with van der Waals surface area (Å²) in [5, 5.41) is 2.91. The highest BCUT2D eigenvalue weighted by atomic mass is 16.1. The second-order valence-corrected chi connectivity index (χ2v) is 4.43. The second kappa shape index (κ2) is 7.54. The lowest BCUT2D eigenvalue weighted by Gasteiger charge is -2.11. The van der Waals surface area contributed by atoms with Gasteiger partial charge in [-0.3, -0.25) is 4.79 Å². The van der Waals surface area contributed by atoms with Crippen LogP contribution >= 0.6 is 0 Å². The molecule has 0 saturated heterocycles. The van der Waals surface area contributed by atoms with Gasteiger partial charge < -0.3 is 11.1 Å². The molecule has 0 aromatic heterocycles. The molecule has 0 aliphatic heterocycles. The van der Waals surface area contributed by atoms with Crippen molar-refractivity contribution in [3.8, 4) is 0 Å². The number of benzene rings is 1. The molecule has 98 valence electrons. The fraction of sp³-hybridized carbons (Fsp3) is 0.400. The maximum atomic E-state index is 11.6. The average Bonchev–Trinajstić information content (AvgIpc) is 2.37. The van der Waals surface area contributed by atoms with Crippen molar-refractivity contribution < 1.29 is 4.79 Å². The second-order valence-electron chi connectivity index (χ2n) is 4.43. The Morgan fingerprint density at radius 1 is 1.39 bits per heavy atom. The van der Waals surface area contributed by atoms with Gasteiger partial charge in [-0.05, 0) is 29.7 Å². The molecule has 0 atom stereocenters. The van der Waals surface area contributed by atoms with E-state index in [2.05, 4.69) is 19.2 Å². The van der Waals surface area contributed by atoms with Crippen LogP contribution in [0.5, 0.6) is 0 Å². The largest absolute Gasteiger partial charge is 0.399 e. The van der Waals surface area contributed by atoms with Crippen LogP contribution in [-0.4, -0.2) is 12.5 Å². The molecule has 0 unspecified atom stereocenters. The summed E-state index contributed by atoms with van der Waals surface area (Å²) < 4.78 is 0. The van der Waals surface area contributed by atoms with Gasteiger partial charge >= 0.3 is 0 Å². The van der Waals surface area contributed by atoms with E-state index >= 15 is 0 Å². The lowest BCUT2D eigenvalue weighted by atomic mass is 10.0. The molecule has 1 amide bonds. The highest BCUT2D eigenvalue weighted by molar-refractivity contribution is 5.91. The summed E-state index contributed by atoms with van der Waals surface area (Å²) in [6, 6.07) is 7.45. The zero-order chi connectivity index (χ0) is 13.4. The van der Waals surface area contributed by atoms with Crippen LogP contribution in [0.25, 0.3) is 6.08 Å². The Bertz CT molecular complexity index is 409. The lowest BCUT2D eigenvalue weighted by Crippen LogP contribution is -2.27. The normalized spacial score (nSPS) is 11.1. The summed E-state index contributed by atoms with van der Waals surface area (Å²) in [6.07, 6.45) is 5.52. The molecule has 0 aliphatic carbocycles. The van der Waals surface area contributed by atoms with Gasteiger partial charge in [-0.1, -0.05) is 38.8 Å². The van der Waals surface area contributed by atoms with Crippen LogP contribution in [0.4, 0.5) is 5.69 Å². The van der Waals surface area contributed by atoms with Gasteiger partial charge in [-0.25, -0.2) is 0 Å². The molecule has 1 aromatic carbocycles. The van der Waals surface area contributed by atoms with Crippen LogP contribution in [0.1, 0.15) is 32.3 Å². The minimum absolute atomic E-state index is 0.0516. The van der Waals surface area contributed by atoms with Crippen molar-refractivity contribution in [3.63, 3.8) is 0 Å². The molecular formula is C15H22N2O. The molecule has 1 aromatic rings. The molecule has 0 aliphatic rings. The summed E-state index contributed by atoms with van der Waals surface area (Å²) in [6.45, 7) is 5.03. The van der Waals surface area contributed by atoms with E-state index in [1.807, 2.05) is 24.3 Å². The predicted molar refractivity (Wildman–Crippen MR) is 77.0 cm³/mol. The minimum Gasteiger partial charge on any atom is -0.399 e. The number of carbonyl (C=O) groups excluding carboxylic acids is 1. The van der Waals surface area contributed by atoms with E-state index in [1.165, 1.54) is 0 Å². The molecule has 18 heavy (non-hydrogen) atoms. The molecule has 1 rings (SSSR count). The zero-order valence-electron chi connectivity index (χ0n) is 11.1. The van der Waals surface area contributed by atoms with Crippen molar-refractivity contribution in [2.75, 3.05) is 12.3 Å². The van der Waals surface area contributed by atoms with Crippen LogP contribution in [0.2, 0.25) is 0 Å². The van der Waals surface area contributed by atoms with Crippen molar-refractivity contribution in [1.82, 2.24) is 5.32 Å². The van der Waals surface area contributed by atoms with Crippen LogP contribution in [0.15, 0.2) is 30.3 Å². The summed E-state index contributed by atoms with van der Waals surface area (Å²) in [7, 11) is 0. The number of anilines is 1. The van der Waals surface area contributed by atoms with Gasteiger partial charge in [0.05, 0.1) is 0 Å². The van der Waals surface area contributed by atoms with Gasteiger partial charge in [-0.2, -0.15) is 0 Å². The van der Waals surface area contributed by atoms with Crippen molar-refractivity contribution in [2.24, 2.45) is 5.92 Å². The Morgan fingerprint density at radius 3 is 2.72 bits per heavy atom. The third-order valence-corrected chi connectivity index (χ3v) is 3.06.